The molecule has 11 nitrogen and oxygen atoms in total. The number of hydrogen-bond acceptors (Lipinski definition) is 10. The number of aliphatic hydroxyl groups excluding tert-OH is 3. The van der Waals surface area contributed by atoms with Crippen molar-refractivity contribution in [2.24, 2.45) is 0 Å². The van der Waals surface area contributed by atoms with Crippen LogP contribution in [0.3, 0.4) is 0 Å². The summed E-state index contributed by atoms with van der Waals surface area (Å²) in [6.07, 6.45) is 43.0. The Balaban J connectivity index is 2.22. The van der Waals surface area contributed by atoms with Gasteiger partial charge in [-0.2, -0.15) is 0 Å². The Hall–Kier alpha value is -1.79. The average Bonchev–Trinajstić information content (AvgIpc) is 3.31. The van der Waals surface area contributed by atoms with Crippen LogP contribution in [-0.4, -0.2) is 88.4 Å². The maximum Gasteiger partial charge on any atom is 0.335 e. The molecule has 11 heteroatoms. The molecule has 0 aliphatic carbocycles. The second kappa shape index (κ2) is 46.6. The van der Waals surface area contributed by atoms with Gasteiger partial charge in [-0.1, -0.05) is 264 Å². The van der Waals surface area contributed by atoms with Gasteiger partial charge in [0.25, 0.3) is 0 Å². The lowest BCUT2D eigenvalue weighted by molar-refractivity contribution is -0.298. The molecule has 0 spiro atoms. The molecule has 1 fully saturated rings. The van der Waals surface area contributed by atoms with E-state index in [-0.39, 0.29) is 26.1 Å². The predicted octanol–water partition coefficient (Wildman–Crippen LogP) is 14.2. The summed E-state index contributed by atoms with van der Waals surface area (Å²) in [7, 11) is 0. The fourth-order valence-electron chi connectivity index (χ4n) is 9.24. The lowest BCUT2D eigenvalue weighted by atomic mass is 9.99. The van der Waals surface area contributed by atoms with Crippen LogP contribution in [-0.2, 0) is 33.3 Å². The van der Waals surface area contributed by atoms with Gasteiger partial charge in [-0.25, -0.2) is 4.79 Å². The molecule has 0 saturated carbocycles. The van der Waals surface area contributed by atoms with Crippen molar-refractivity contribution in [1.82, 2.24) is 0 Å². The van der Waals surface area contributed by atoms with Crippen LogP contribution in [0.2, 0.25) is 0 Å². The number of aliphatic hydroxyl groups is 3. The molecule has 0 amide bonds. The Morgan fingerprint density at radius 1 is 0.403 bits per heavy atom. The smallest absolute Gasteiger partial charge is 0.335 e. The number of esters is 2. The zero-order valence-corrected chi connectivity index (χ0v) is 43.4. The normalized spacial score (nSPS) is 18.9. The number of unbranched alkanes of at least 4 members (excludes halogenated alkanes) is 39. The van der Waals surface area contributed by atoms with Gasteiger partial charge in [-0.3, -0.25) is 9.59 Å². The zero-order chi connectivity index (χ0) is 48.8. The summed E-state index contributed by atoms with van der Waals surface area (Å²) in [4.78, 5) is 37.1. The Morgan fingerprint density at radius 3 is 1.01 bits per heavy atom. The number of carbonyl (C=O) groups is 3. The molecular formula is C56H106O11. The molecule has 396 valence electrons. The molecule has 0 aromatic carbocycles. The molecule has 67 heavy (non-hydrogen) atoms. The molecule has 1 saturated heterocycles. The van der Waals surface area contributed by atoms with E-state index in [1.807, 2.05) is 0 Å². The molecule has 1 heterocycles. The molecule has 4 N–H and O–H groups in total. The van der Waals surface area contributed by atoms with Gasteiger partial charge in [-0.15, -0.1) is 0 Å². The molecule has 0 radical (unpaired) electrons. The van der Waals surface area contributed by atoms with Gasteiger partial charge in [0.2, 0.25) is 0 Å². The highest BCUT2D eigenvalue weighted by Gasteiger charge is 2.47. The van der Waals surface area contributed by atoms with Gasteiger partial charge in [0.1, 0.15) is 24.9 Å². The molecule has 0 aromatic rings. The van der Waals surface area contributed by atoms with Crippen LogP contribution >= 0.6 is 0 Å². The van der Waals surface area contributed by atoms with Crippen LogP contribution in [0.1, 0.15) is 290 Å². The summed E-state index contributed by atoms with van der Waals surface area (Å²) in [5.74, 6) is -2.41. The third-order valence-electron chi connectivity index (χ3n) is 13.7. The van der Waals surface area contributed by atoms with Crippen molar-refractivity contribution in [2.45, 2.75) is 327 Å². The minimum Gasteiger partial charge on any atom is -0.479 e. The zero-order valence-electron chi connectivity index (χ0n) is 43.4. The van der Waals surface area contributed by atoms with Gasteiger partial charge in [0.15, 0.2) is 18.5 Å². The summed E-state index contributed by atoms with van der Waals surface area (Å²) in [5.41, 5.74) is 0. The minimum atomic E-state index is -1.86. The highest BCUT2D eigenvalue weighted by atomic mass is 16.7. The largest absolute Gasteiger partial charge is 0.479 e. The van der Waals surface area contributed by atoms with E-state index in [4.69, 9.17) is 18.9 Å². The minimum absolute atomic E-state index is 0.192. The number of carboxylic acid groups (broad SMARTS) is 1. The molecular weight excluding hydrogens is 849 g/mol. The van der Waals surface area contributed by atoms with Crippen LogP contribution < -0.4 is 0 Å². The van der Waals surface area contributed by atoms with E-state index in [9.17, 15) is 34.8 Å². The lowest BCUT2D eigenvalue weighted by Crippen LogP contribution is -2.60. The molecule has 1 aliphatic heterocycles. The Morgan fingerprint density at radius 2 is 0.701 bits per heavy atom. The van der Waals surface area contributed by atoms with Crippen LogP contribution in [0, 0.1) is 0 Å². The van der Waals surface area contributed by atoms with Crippen molar-refractivity contribution in [2.75, 3.05) is 13.2 Å². The molecule has 0 bridgehead atoms. The molecule has 6 unspecified atom stereocenters. The first-order valence-electron chi connectivity index (χ1n) is 28.6. The monoisotopic (exact) mass is 955 g/mol. The van der Waals surface area contributed by atoms with E-state index >= 15 is 0 Å². The van der Waals surface area contributed by atoms with Crippen LogP contribution in [0.5, 0.6) is 0 Å². The molecule has 1 aliphatic rings. The number of aliphatic carboxylic acids is 1. The van der Waals surface area contributed by atoms with Gasteiger partial charge in [-0.05, 0) is 12.8 Å². The van der Waals surface area contributed by atoms with E-state index < -0.39 is 54.7 Å². The van der Waals surface area contributed by atoms with Crippen LogP contribution in [0.15, 0.2) is 0 Å². The van der Waals surface area contributed by atoms with Crippen LogP contribution in [0.4, 0.5) is 0 Å². The van der Waals surface area contributed by atoms with Crippen molar-refractivity contribution in [3.63, 3.8) is 0 Å². The van der Waals surface area contributed by atoms with Crippen molar-refractivity contribution in [3.05, 3.63) is 0 Å². The van der Waals surface area contributed by atoms with Crippen molar-refractivity contribution < 1.29 is 53.8 Å². The van der Waals surface area contributed by atoms with Gasteiger partial charge in [0, 0.05) is 12.8 Å². The molecule has 0 aromatic heterocycles. The average molecular weight is 955 g/mol. The lowest BCUT2D eigenvalue weighted by Gasteiger charge is -2.38. The maximum atomic E-state index is 12.9. The Kier molecular flexibility index (Phi) is 44.0. The third kappa shape index (κ3) is 37.7. The summed E-state index contributed by atoms with van der Waals surface area (Å²) in [6, 6.07) is 0. The quantitative estimate of drug-likeness (QED) is 0.0338. The second-order valence-corrected chi connectivity index (χ2v) is 20.2. The predicted molar refractivity (Wildman–Crippen MR) is 271 cm³/mol. The first-order valence-corrected chi connectivity index (χ1v) is 28.6. The number of ether oxygens (including phenoxy) is 4. The van der Waals surface area contributed by atoms with Crippen molar-refractivity contribution in [1.29, 1.82) is 0 Å². The van der Waals surface area contributed by atoms with Gasteiger partial charge in [0.05, 0.1) is 6.61 Å². The van der Waals surface area contributed by atoms with E-state index in [1.165, 1.54) is 212 Å². The van der Waals surface area contributed by atoms with Gasteiger partial charge < -0.3 is 39.4 Å². The maximum absolute atomic E-state index is 12.9. The number of carboxylic acids is 1. The summed E-state index contributed by atoms with van der Waals surface area (Å²) in [5, 5.41) is 40.0. The summed E-state index contributed by atoms with van der Waals surface area (Å²) in [6.45, 7) is 3.89. The van der Waals surface area contributed by atoms with E-state index in [0.29, 0.717) is 12.8 Å². The molecule has 1 rings (SSSR count). The van der Waals surface area contributed by atoms with E-state index in [0.717, 1.165) is 38.5 Å². The Labute approximate surface area is 410 Å². The highest BCUT2D eigenvalue weighted by Crippen LogP contribution is 2.24. The topological polar surface area (TPSA) is 169 Å². The second-order valence-electron chi connectivity index (χ2n) is 20.2. The van der Waals surface area contributed by atoms with Gasteiger partial charge >= 0.3 is 17.9 Å². The number of hydrogen-bond donors (Lipinski definition) is 4. The highest BCUT2D eigenvalue weighted by molar-refractivity contribution is 5.73. The first-order chi connectivity index (χ1) is 32.7. The summed E-state index contributed by atoms with van der Waals surface area (Å²) >= 11 is 0. The number of carbonyl (C=O) groups excluding carboxylic acids is 2. The third-order valence-corrected chi connectivity index (χ3v) is 13.7. The van der Waals surface area contributed by atoms with Crippen LogP contribution in [0.25, 0.3) is 0 Å². The fourth-order valence-corrected chi connectivity index (χ4v) is 9.24. The van der Waals surface area contributed by atoms with Crippen molar-refractivity contribution >= 4 is 17.9 Å². The molecule has 6 atom stereocenters. The fraction of sp³-hybridized carbons (Fsp3) is 0.946. The standard InChI is InChI=1S/C56H106O11/c1-3-5-7-9-11-13-15-17-19-21-23-25-27-28-30-32-34-36-38-40-42-44-49(57)64-46-48(47-65-56-53(61)51(59)52(60)54(67-56)55(62)63)66-50(58)45-43-41-39-37-35-33-31-29-26-24-22-20-18-16-14-12-10-8-6-4-2/h48,51-54,56,59-61H,3-47H2,1-2H3,(H,62,63). The van der Waals surface area contributed by atoms with E-state index in [1.54, 1.807) is 0 Å². The van der Waals surface area contributed by atoms with Crippen molar-refractivity contribution in [3.8, 4) is 0 Å². The number of rotatable bonds is 50. The summed E-state index contributed by atoms with van der Waals surface area (Å²) < 4.78 is 21.9. The van der Waals surface area contributed by atoms with E-state index in [2.05, 4.69) is 13.8 Å². The SMILES string of the molecule is CCCCCCCCCCCCCCCCCCCCCCCC(=O)OCC(COC1OC(C(=O)O)C(O)C(O)C1O)OC(=O)CCCCCCCCCCCCCCCCCCCCCC. The first kappa shape index (κ1) is 63.2. The Bertz CT molecular complexity index is 1120.